The Morgan fingerprint density at radius 3 is 2.43 bits per heavy atom. The Bertz CT molecular complexity index is 997. The Morgan fingerprint density at radius 1 is 1.07 bits per heavy atom. The summed E-state index contributed by atoms with van der Waals surface area (Å²) in [4.78, 5) is 19.6. The number of pyridine rings is 1. The summed E-state index contributed by atoms with van der Waals surface area (Å²) < 4.78 is 26.9. The zero-order chi connectivity index (χ0) is 21.3. The predicted molar refractivity (Wildman–Crippen MR) is 114 cm³/mol. The molecular formula is C21H29N5O3S. The number of piperidine rings is 2. The molecule has 2 aliphatic heterocycles. The molecule has 2 fully saturated rings. The first-order valence-electron chi connectivity index (χ1n) is 10.5. The lowest BCUT2D eigenvalue weighted by Crippen LogP contribution is -2.46. The van der Waals surface area contributed by atoms with Crippen molar-refractivity contribution in [1.82, 2.24) is 24.0 Å². The molecule has 0 aliphatic carbocycles. The maximum atomic E-state index is 13.5. The lowest BCUT2D eigenvalue weighted by Gasteiger charge is -2.39. The molecular weight excluding hydrogens is 402 g/mol. The molecule has 0 N–H and O–H groups in total. The van der Waals surface area contributed by atoms with E-state index in [-0.39, 0.29) is 17.9 Å². The van der Waals surface area contributed by atoms with E-state index in [1.807, 2.05) is 35.0 Å². The molecule has 1 atom stereocenters. The third-order valence-corrected chi connectivity index (χ3v) is 7.53. The van der Waals surface area contributed by atoms with E-state index in [1.54, 1.807) is 12.4 Å². The number of nitrogens with zero attached hydrogens (tertiary/aromatic N) is 5. The van der Waals surface area contributed by atoms with Crippen molar-refractivity contribution in [1.29, 1.82) is 0 Å². The summed E-state index contributed by atoms with van der Waals surface area (Å²) in [7, 11) is -1.29. The van der Waals surface area contributed by atoms with Crippen molar-refractivity contribution >= 4 is 15.9 Å². The SMILES string of the molecule is Cn1cc(-c2ccncc2)c([C@H]2CCCCN2C(=O)C2CCN(S(C)(=O)=O)CC2)n1. The van der Waals surface area contributed by atoms with Crippen molar-refractivity contribution in [3.63, 3.8) is 0 Å². The fourth-order valence-corrected chi connectivity index (χ4v) is 5.53. The molecule has 0 unspecified atom stereocenters. The second-order valence-corrected chi connectivity index (χ2v) is 10.3. The van der Waals surface area contributed by atoms with Gasteiger partial charge in [-0.25, -0.2) is 12.7 Å². The minimum atomic E-state index is -3.20. The van der Waals surface area contributed by atoms with Gasteiger partial charge in [-0.1, -0.05) is 0 Å². The molecule has 4 heterocycles. The van der Waals surface area contributed by atoms with Crippen LogP contribution < -0.4 is 0 Å². The topological polar surface area (TPSA) is 88.4 Å². The first-order valence-corrected chi connectivity index (χ1v) is 12.4. The van der Waals surface area contributed by atoms with Crippen LogP contribution >= 0.6 is 0 Å². The molecule has 30 heavy (non-hydrogen) atoms. The normalized spacial score (nSPS) is 21.7. The van der Waals surface area contributed by atoms with Crippen LogP contribution in [0.2, 0.25) is 0 Å². The number of hydrogen-bond acceptors (Lipinski definition) is 5. The molecule has 162 valence electrons. The summed E-state index contributed by atoms with van der Waals surface area (Å²) in [5.41, 5.74) is 3.02. The van der Waals surface area contributed by atoms with E-state index in [2.05, 4.69) is 4.98 Å². The maximum absolute atomic E-state index is 13.5. The first-order chi connectivity index (χ1) is 14.3. The second kappa shape index (κ2) is 8.47. The van der Waals surface area contributed by atoms with Gasteiger partial charge in [-0.3, -0.25) is 14.5 Å². The molecule has 1 amide bonds. The van der Waals surface area contributed by atoms with Crippen molar-refractivity contribution in [2.24, 2.45) is 13.0 Å². The van der Waals surface area contributed by atoms with Crippen LogP contribution in [0.1, 0.15) is 43.8 Å². The smallest absolute Gasteiger partial charge is 0.226 e. The zero-order valence-corrected chi connectivity index (χ0v) is 18.4. The summed E-state index contributed by atoms with van der Waals surface area (Å²) >= 11 is 0. The Morgan fingerprint density at radius 2 is 1.77 bits per heavy atom. The van der Waals surface area contributed by atoms with Crippen LogP contribution in [0.25, 0.3) is 11.1 Å². The van der Waals surface area contributed by atoms with E-state index in [1.165, 1.54) is 10.6 Å². The number of sulfonamides is 1. The number of hydrogen-bond donors (Lipinski definition) is 0. The molecule has 8 nitrogen and oxygen atoms in total. The molecule has 2 aromatic heterocycles. The zero-order valence-electron chi connectivity index (χ0n) is 17.6. The second-order valence-electron chi connectivity index (χ2n) is 8.32. The Kier molecular flexibility index (Phi) is 5.92. The molecule has 2 aliphatic rings. The Labute approximate surface area is 177 Å². The maximum Gasteiger partial charge on any atom is 0.226 e. The first kappa shape index (κ1) is 21.0. The number of aromatic nitrogens is 3. The summed E-state index contributed by atoms with van der Waals surface area (Å²) in [5, 5.41) is 4.75. The van der Waals surface area contributed by atoms with E-state index in [4.69, 9.17) is 5.10 Å². The number of aryl methyl sites for hydroxylation is 1. The van der Waals surface area contributed by atoms with Gasteiger partial charge in [0.15, 0.2) is 0 Å². The van der Waals surface area contributed by atoms with Crippen LogP contribution in [0.5, 0.6) is 0 Å². The minimum absolute atomic E-state index is 0.0523. The highest BCUT2D eigenvalue weighted by Crippen LogP contribution is 2.37. The third-order valence-electron chi connectivity index (χ3n) is 6.22. The van der Waals surface area contributed by atoms with Crippen molar-refractivity contribution in [3.8, 4) is 11.1 Å². The fourth-order valence-electron chi connectivity index (χ4n) is 4.65. The molecule has 2 saturated heterocycles. The fraction of sp³-hybridized carbons (Fsp3) is 0.571. The van der Waals surface area contributed by atoms with Gasteiger partial charge in [0.05, 0.1) is 18.0 Å². The van der Waals surface area contributed by atoms with Crippen molar-refractivity contribution in [2.75, 3.05) is 25.9 Å². The summed E-state index contributed by atoms with van der Waals surface area (Å²) in [6, 6.07) is 3.89. The largest absolute Gasteiger partial charge is 0.334 e. The van der Waals surface area contributed by atoms with Crippen LogP contribution in [-0.4, -0.2) is 64.2 Å². The standard InChI is InChI=1S/C21H29N5O3S/c1-24-15-18(16-6-10-22-11-7-16)20(23-24)19-5-3-4-12-26(19)21(27)17-8-13-25(14-9-17)30(2,28)29/h6-7,10-11,15,17,19H,3-5,8-9,12-14H2,1-2H3/t19-/m1/s1. The van der Waals surface area contributed by atoms with E-state index in [9.17, 15) is 13.2 Å². The van der Waals surface area contributed by atoms with Gasteiger partial charge in [0.1, 0.15) is 0 Å². The molecule has 0 bridgehead atoms. The molecule has 0 saturated carbocycles. The van der Waals surface area contributed by atoms with Gasteiger partial charge >= 0.3 is 0 Å². The highest BCUT2D eigenvalue weighted by atomic mass is 32.2. The van der Waals surface area contributed by atoms with Crippen molar-refractivity contribution in [3.05, 3.63) is 36.4 Å². The van der Waals surface area contributed by atoms with Gasteiger partial charge in [-0.15, -0.1) is 0 Å². The van der Waals surface area contributed by atoms with E-state index in [0.717, 1.165) is 42.6 Å². The monoisotopic (exact) mass is 431 g/mol. The van der Waals surface area contributed by atoms with Crippen LogP contribution in [-0.2, 0) is 21.9 Å². The van der Waals surface area contributed by atoms with Crippen LogP contribution in [0.4, 0.5) is 0 Å². The summed E-state index contributed by atoms with van der Waals surface area (Å²) in [5.74, 6) is 0.0101. The number of likely N-dealkylation sites (tertiary alicyclic amines) is 1. The van der Waals surface area contributed by atoms with Crippen LogP contribution in [0.3, 0.4) is 0 Å². The Hall–Kier alpha value is -2.26. The van der Waals surface area contributed by atoms with E-state index in [0.29, 0.717) is 25.9 Å². The summed E-state index contributed by atoms with van der Waals surface area (Å²) in [6.45, 7) is 1.56. The third kappa shape index (κ3) is 4.27. The molecule has 0 spiro atoms. The van der Waals surface area contributed by atoms with Crippen LogP contribution in [0, 0.1) is 5.92 Å². The molecule has 0 aromatic carbocycles. The summed E-state index contributed by atoms with van der Waals surface area (Å²) in [6.07, 6.45) is 10.9. The lowest BCUT2D eigenvalue weighted by molar-refractivity contribution is -0.140. The minimum Gasteiger partial charge on any atom is -0.334 e. The number of rotatable bonds is 4. The van der Waals surface area contributed by atoms with Gasteiger partial charge in [0.2, 0.25) is 15.9 Å². The highest BCUT2D eigenvalue weighted by Gasteiger charge is 2.37. The van der Waals surface area contributed by atoms with Crippen molar-refractivity contribution < 1.29 is 13.2 Å². The van der Waals surface area contributed by atoms with Gasteiger partial charge in [-0.05, 0) is 49.8 Å². The molecule has 0 radical (unpaired) electrons. The average Bonchev–Trinajstić information content (AvgIpc) is 3.15. The number of carbonyl (C=O) groups excluding carboxylic acids is 1. The Balaban J connectivity index is 1.57. The van der Waals surface area contributed by atoms with Crippen molar-refractivity contribution in [2.45, 2.75) is 38.1 Å². The molecule has 4 rings (SSSR count). The van der Waals surface area contributed by atoms with Gasteiger partial charge in [-0.2, -0.15) is 5.10 Å². The number of amides is 1. The molecule has 9 heteroatoms. The van der Waals surface area contributed by atoms with Gasteiger partial charge < -0.3 is 4.90 Å². The molecule has 2 aromatic rings. The average molecular weight is 432 g/mol. The van der Waals surface area contributed by atoms with Gasteiger partial charge in [0.25, 0.3) is 0 Å². The number of carbonyl (C=O) groups is 1. The van der Waals surface area contributed by atoms with Crippen LogP contribution in [0.15, 0.2) is 30.7 Å². The lowest BCUT2D eigenvalue weighted by atomic mass is 9.91. The van der Waals surface area contributed by atoms with E-state index >= 15 is 0 Å². The van der Waals surface area contributed by atoms with E-state index < -0.39 is 10.0 Å². The quantitative estimate of drug-likeness (QED) is 0.741. The highest BCUT2D eigenvalue weighted by molar-refractivity contribution is 7.88. The predicted octanol–water partition coefficient (Wildman–Crippen LogP) is 2.21. The van der Waals surface area contributed by atoms with Gasteiger partial charge in [0, 0.05) is 56.8 Å².